The van der Waals surface area contributed by atoms with Crippen LogP contribution in [-0.2, 0) is 0 Å². The van der Waals surface area contributed by atoms with Gasteiger partial charge in [0.2, 0.25) is 0 Å². The Morgan fingerprint density at radius 1 is 1.07 bits per heavy atom. The Bertz CT molecular complexity index is 159. The zero-order valence-corrected chi connectivity index (χ0v) is 10.6. The molecule has 0 radical (unpaired) electrons. The van der Waals surface area contributed by atoms with Crippen LogP contribution in [0.5, 0.6) is 0 Å². The maximum absolute atomic E-state index is 3.52. The number of hydrogen-bond donors (Lipinski definition) is 1. The molecule has 1 N–H and O–H groups in total. The zero-order valence-electron chi connectivity index (χ0n) is 10.6. The molecular formula is C12H27N3. The van der Waals surface area contributed by atoms with E-state index in [9.17, 15) is 0 Å². The summed E-state index contributed by atoms with van der Waals surface area (Å²) in [5, 5.41) is 3.52. The normalized spacial score (nSPS) is 22.4. The summed E-state index contributed by atoms with van der Waals surface area (Å²) in [5.41, 5.74) is 0. The number of hydrogen-bond acceptors (Lipinski definition) is 3. The first-order valence-corrected chi connectivity index (χ1v) is 6.41. The molecule has 0 aliphatic carbocycles. The number of nitrogens with zero attached hydrogens (tertiary/aromatic N) is 2. The molecule has 0 aromatic carbocycles. The lowest BCUT2D eigenvalue weighted by Gasteiger charge is -2.28. The summed E-state index contributed by atoms with van der Waals surface area (Å²) in [4.78, 5) is 5.15. The third-order valence-electron chi connectivity index (χ3n) is 3.15. The highest BCUT2D eigenvalue weighted by Crippen LogP contribution is 2.00. The van der Waals surface area contributed by atoms with Gasteiger partial charge in [0.1, 0.15) is 0 Å². The molecule has 0 aromatic heterocycles. The molecule has 0 spiro atoms. The highest BCUT2D eigenvalue weighted by molar-refractivity contribution is 4.70. The highest BCUT2D eigenvalue weighted by atomic mass is 15.2. The van der Waals surface area contributed by atoms with Crippen molar-refractivity contribution < 1.29 is 0 Å². The third kappa shape index (κ3) is 4.96. The fourth-order valence-electron chi connectivity index (χ4n) is 2.13. The predicted molar refractivity (Wildman–Crippen MR) is 66.3 cm³/mol. The second kappa shape index (κ2) is 7.20. The zero-order chi connectivity index (χ0) is 11.1. The van der Waals surface area contributed by atoms with Crippen LogP contribution < -0.4 is 5.32 Å². The summed E-state index contributed by atoms with van der Waals surface area (Å²) in [7, 11) is 0. The lowest BCUT2D eigenvalue weighted by Crippen LogP contribution is -2.39. The molecule has 3 heteroatoms. The Labute approximate surface area is 94.8 Å². The molecule has 1 aliphatic heterocycles. The predicted octanol–water partition coefficient (Wildman–Crippen LogP) is 1.01. The van der Waals surface area contributed by atoms with Crippen molar-refractivity contribution in [1.82, 2.24) is 15.1 Å². The third-order valence-corrected chi connectivity index (χ3v) is 3.15. The summed E-state index contributed by atoms with van der Waals surface area (Å²) in [6.45, 7) is 15.2. The van der Waals surface area contributed by atoms with Crippen molar-refractivity contribution in [2.45, 2.75) is 33.2 Å². The van der Waals surface area contributed by atoms with E-state index in [0.717, 1.165) is 13.1 Å². The molecule has 90 valence electrons. The van der Waals surface area contributed by atoms with Gasteiger partial charge < -0.3 is 10.2 Å². The fraction of sp³-hybridized carbons (Fsp3) is 1.00. The highest BCUT2D eigenvalue weighted by Gasteiger charge is 2.13. The van der Waals surface area contributed by atoms with Crippen LogP contribution in [-0.4, -0.2) is 61.7 Å². The van der Waals surface area contributed by atoms with Gasteiger partial charge in [0.05, 0.1) is 0 Å². The minimum absolute atomic E-state index is 0.674. The molecule has 0 atom stereocenters. The van der Waals surface area contributed by atoms with Crippen molar-refractivity contribution in [3.05, 3.63) is 0 Å². The molecule has 1 rings (SSSR count). The Balaban J connectivity index is 2.40. The monoisotopic (exact) mass is 213 g/mol. The van der Waals surface area contributed by atoms with Gasteiger partial charge in [-0.1, -0.05) is 6.92 Å². The molecule has 0 saturated carbocycles. The lowest BCUT2D eigenvalue weighted by atomic mass is 10.3. The van der Waals surface area contributed by atoms with E-state index in [0.29, 0.717) is 6.04 Å². The molecule has 0 bridgehead atoms. The second-order valence-electron chi connectivity index (χ2n) is 4.72. The second-order valence-corrected chi connectivity index (χ2v) is 4.72. The standard InChI is InChI=1S/C12H27N3/c1-4-7-14-8-5-13-6-9-15(11-10-14)12(2)3/h12-13H,4-11H2,1-3H3. The fourth-order valence-corrected chi connectivity index (χ4v) is 2.13. The van der Waals surface area contributed by atoms with E-state index < -0.39 is 0 Å². The van der Waals surface area contributed by atoms with Gasteiger partial charge in [0.15, 0.2) is 0 Å². The summed E-state index contributed by atoms with van der Waals surface area (Å²) < 4.78 is 0. The molecule has 1 saturated heterocycles. The van der Waals surface area contributed by atoms with Crippen LogP contribution in [0.2, 0.25) is 0 Å². The van der Waals surface area contributed by atoms with Crippen LogP contribution in [0, 0.1) is 0 Å². The summed E-state index contributed by atoms with van der Waals surface area (Å²) in [6.07, 6.45) is 1.27. The van der Waals surface area contributed by atoms with Crippen LogP contribution in [0.1, 0.15) is 27.2 Å². The van der Waals surface area contributed by atoms with Crippen LogP contribution in [0.25, 0.3) is 0 Å². The molecule has 1 heterocycles. The van der Waals surface area contributed by atoms with Gasteiger partial charge in [-0.2, -0.15) is 0 Å². The van der Waals surface area contributed by atoms with E-state index >= 15 is 0 Å². The summed E-state index contributed by atoms with van der Waals surface area (Å²) in [5.74, 6) is 0. The first kappa shape index (κ1) is 12.9. The van der Waals surface area contributed by atoms with Crippen molar-refractivity contribution in [3.63, 3.8) is 0 Å². The van der Waals surface area contributed by atoms with Crippen molar-refractivity contribution >= 4 is 0 Å². The summed E-state index contributed by atoms with van der Waals surface area (Å²) in [6, 6.07) is 0.674. The van der Waals surface area contributed by atoms with E-state index in [4.69, 9.17) is 0 Å². The van der Waals surface area contributed by atoms with Crippen molar-refractivity contribution in [2.75, 3.05) is 45.8 Å². The van der Waals surface area contributed by atoms with Gasteiger partial charge in [0.25, 0.3) is 0 Å². The molecule has 0 aromatic rings. The van der Waals surface area contributed by atoms with Crippen LogP contribution in [0.15, 0.2) is 0 Å². The first-order chi connectivity index (χ1) is 7.24. The molecule has 3 nitrogen and oxygen atoms in total. The smallest absolute Gasteiger partial charge is 0.0113 e. The summed E-state index contributed by atoms with van der Waals surface area (Å²) >= 11 is 0. The largest absolute Gasteiger partial charge is 0.314 e. The van der Waals surface area contributed by atoms with Gasteiger partial charge in [-0.05, 0) is 26.8 Å². The van der Waals surface area contributed by atoms with Gasteiger partial charge in [-0.3, -0.25) is 4.90 Å². The van der Waals surface area contributed by atoms with E-state index in [1.54, 1.807) is 0 Å². The molecule has 0 unspecified atom stereocenters. The van der Waals surface area contributed by atoms with E-state index in [1.807, 2.05) is 0 Å². The maximum atomic E-state index is 3.52. The number of nitrogens with one attached hydrogen (secondary N) is 1. The van der Waals surface area contributed by atoms with E-state index in [-0.39, 0.29) is 0 Å². The Kier molecular flexibility index (Phi) is 6.22. The topological polar surface area (TPSA) is 18.5 Å². The van der Waals surface area contributed by atoms with Gasteiger partial charge in [-0.25, -0.2) is 0 Å². The lowest BCUT2D eigenvalue weighted by molar-refractivity contribution is 0.189. The average Bonchev–Trinajstić information content (AvgIpc) is 2.30. The minimum atomic E-state index is 0.674. The molecular weight excluding hydrogens is 186 g/mol. The van der Waals surface area contributed by atoms with Crippen molar-refractivity contribution in [1.29, 1.82) is 0 Å². The van der Waals surface area contributed by atoms with Crippen LogP contribution in [0.4, 0.5) is 0 Å². The average molecular weight is 213 g/mol. The minimum Gasteiger partial charge on any atom is -0.314 e. The Hall–Kier alpha value is -0.120. The van der Waals surface area contributed by atoms with Crippen molar-refractivity contribution in [2.24, 2.45) is 0 Å². The van der Waals surface area contributed by atoms with Crippen molar-refractivity contribution in [3.8, 4) is 0 Å². The van der Waals surface area contributed by atoms with E-state index in [1.165, 1.54) is 39.1 Å². The SMILES string of the molecule is CCCN1CCNCCN(C(C)C)CC1. The molecule has 1 aliphatic rings. The first-order valence-electron chi connectivity index (χ1n) is 6.41. The van der Waals surface area contributed by atoms with Gasteiger partial charge in [0, 0.05) is 45.3 Å². The van der Waals surface area contributed by atoms with Crippen LogP contribution in [0.3, 0.4) is 0 Å². The van der Waals surface area contributed by atoms with E-state index in [2.05, 4.69) is 35.9 Å². The quantitative estimate of drug-likeness (QED) is 0.755. The van der Waals surface area contributed by atoms with Gasteiger partial charge >= 0.3 is 0 Å². The van der Waals surface area contributed by atoms with Crippen LogP contribution >= 0.6 is 0 Å². The Morgan fingerprint density at radius 2 is 1.80 bits per heavy atom. The molecule has 1 fully saturated rings. The molecule has 0 amide bonds. The number of rotatable bonds is 3. The Morgan fingerprint density at radius 3 is 2.47 bits per heavy atom. The molecule has 15 heavy (non-hydrogen) atoms. The maximum Gasteiger partial charge on any atom is 0.0113 e. The van der Waals surface area contributed by atoms with Gasteiger partial charge in [-0.15, -0.1) is 0 Å².